The van der Waals surface area contributed by atoms with E-state index in [4.69, 9.17) is 48.2 Å². The minimum atomic E-state index is -1.77. The van der Waals surface area contributed by atoms with Gasteiger partial charge in [-0.1, -0.05) is 134 Å². The SMILES string of the molecule is C/C=C/c1ccccc1OC(C)C.C1CCC([PH+](C2CCCCC2)C2CCCCC2)CC1.CC(C)Oc1ccccc1[CH]=[Ru]([Cl])[Cl].CC1=C[C](=[Ru]([Cl])[Cl])c2ccccc21.CCN1CCN(CC2CN(c3c(C)cc(C)cc3C)[CH-]N2c2c(C)cc(C)cc2C)CC1.CCN1CCN(CC2CN(c3c(C)cc(C)cc3C)[CH-]N2c2c(C)cc(C)cc2C)CC1. The van der Waals surface area contributed by atoms with Gasteiger partial charge in [-0.15, -0.1) is 0 Å². The fraction of sp³-hybridized carbons (Fsp3) is 0.528. The Morgan fingerprint density at radius 2 is 0.732 bits per heavy atom. The third-order valence-electron chi connectivity index (χ3n) is 25.9. The van der Waals surface area contributed by atoms with Crippen molar-refractivity contribution in [1.82, 2.24) is 19.6 Å². The quantitative estimate of drug-likeness (QED) is 0.0444. The predicted octanol–water partition coefficient (Wildman–Crippen LogP) is 26.8. The molecule has 2 unspecified atom stereocenters. The molecule has 10 nitrogen and oxygen atoms in total. The van der Waals surface area contributed by atoms with Gasteiger partial charge in [-0.3, -0.25) is 9.80 Å². The molecule has 7 fully saturated rings. The second-order valence-electron chi connectivity index (χ2n) is 36.7. The zero-order chi connectivity index (χ0) is 88.6. The van der Waals surface area contributed by atoms with E-state index < -0.39 is 27.0 Å². The van der Waals surface area contributed by atoms with Gasteiger partial charge in [-0.25, -0.2) is 0 Å². The van der Waals surface area contributed by atoms with Crippen LogP contribution in [0.5, 0.6) is 11.5 Å². The monoisotopic (exact) mass is 1940 g/mol. The Hall–Kier alpha value is -4.76. The van der Waals surface area contributed by atoms with Crippen molar-refractivity contribution in [3.63, 3.8) is 0 Å². The van der Waals surface area contributed by atoms with E-state index >= 15 is 0 Å². The molecule has 7 aromatic carbocycles. The molecule has 123 heavy (non-hydrogen) atoms. The summed E-state index contributed by atoms with van der Waals surface area (Å²) in [5, 5.41) is 0. The maximum Gasteiger partial charge on any atom is 0.0301 e. The third-order valence-corrected chi connectivity index (χ3v) is 35.5. The Labute approximate surface area is 774 Å². The van der Waals surface area contributed by atoms with Gasteiger partial charge in [-0.05, 0) is 245 Å². The van der Waals surface area contributed by atoms with Crippen LogP contribution in [-0.4, -0.2) is 161 Å². The van der Waals surface area contributed by atoms with Gasteiger partial charge < -0.3 is 34.1 Å². The Balaban J connectivity index is 0.000000161. The van der Waals surface area contributed by atoms with Crippen LogP contribution in [0.1, 0.15) is 241 Å². The maximum atomic E-state index is 6.00. The largest absolute Gasteiger partial charge is 0.501 e. The molecule has 15 rings (SSSR count). The van der Waals surface area contributed by atoms with E-state index in [0.717, 1.165) is 52.9 Å². The zero-order valence-electron chi connectivity index (χ0n) is 78.7. The number of para-hydroxylation sites is 2. The summed E-state index contributed by atoms with van der Waals surface area (Å²) in [5.74, 6) is 1.80. The number of nitrogens with zero attached hydrogens (tertiary/aromatic N) is 8. The molecule has 7 aromatic rings. The average molecular weight is 1950 g/mol. The molecule has 0 aromatic heterocycles. The Morgan fingerprint density at radius 1 is 0.415 bits per heavy atom. The van der Waals surface area contributed by atoms with Gasteiger partial charge in [0.25, 0.3) is 0 Å². The second kappa shape index (κ2) is 49.9. The van der Waals surface area contributed by atoms with Gasteiger partial charge in [0.05, 0.1) is 23.1 Å². The molecule has 17 heteroatoms. The van der Waals surface area contributed by atoms with Gasteiger partial charge in [0.2, 0.25) is 0 Å². The molecule has 8 aliphatic rings. The normalized spacial score (nSPS) is 19.2. The minimum Gasteiger partial charge on any atom is -0.501 e. The van der Waals surface area contributed by atoms with Crippen LogP contribution in [0.4, 0.5) is 22.7 Å². The van der Waals surface area contributed by atoms with Crippen LogP contribution in [0.3, 0.4) is 0 Å². The Morgan fingerprint density at radius 3 is 1.07 bits per heavy atom. The average Bonchev–Trinajstić information content (AvgIpc) is 1.64. The fourth-order valence-electron chi connectivity index (χ4n) is 20.8. The first-order valence-corrected chi connectivity index (χ1v) is 59.1. The molecule has 0 bridgehead atoms. The Bertz CT molecular complexity index is 4350. The van der Waals surface area contributed by atoms with E-state index in [1.165, 1.54) is 189 Å². The van der Waals surface area contributed by atoms with Gasteiger partial charge in [0, 0.05) is 127 Å². The number of hydrogen-bond acceptors (Lipinski definition) is 10. The van der Waals surface area contributed by atoms with Crippen molar-refractivity contribution < 1.29 is 36.5 Å². The molecular formula is C106H152Cl4N8O2PRu2-. The van der Waals surface area contributed by atoms with Crippen LogP contribution in [0, 0.1) is 96.4 Å². The first kappa shape index (κ1) is 100. The van der Waals surface area contributed by atoms with Gasteiger partial charge >= 0.3 is 189 Å². The van der Waals surface area contributed by atoms with E-state index in [1.807, 2.05) is 99.9 Å². The number of fused-ring (bicyclic) bond motifs is 1. The number of benzene rings is 7. The zero-order valence-corrected chi connectivity index (χ0v) is 86.2. The van der Waals surface area contributed by atoms with E-state index in [9.17, 15) is 0 Å². The standard InChI is InChI=1S/2C28H41N4.C18H33P.C12H16O.C10H12O.C10H8.4ClH.2Ru/c2*1-8-29-9-11-30(12-10-29)17-26-18-31(27-22(4)13-20(2)14-23(27)5)19-32(26)28-24(6)15-21(3)16-25(28)7;1-4-10-16(11-5-1)19(17-12-6-2-7-13-17)18-14-8-3-9-15-18;1-4-7-11-8-5-6-9-12(11)13-10(2)3;1-8(2)11-10-7-5-4-6-9(10)3;1-8-6-7-9-4-2-3-5-10(8)9;;;;;;/h2*13-16,19,26H,8-12,17-18H2,1-7H3;16-18H,1-15H2;4-10H,1-3H3;3-8H,1-2H3;2-6H,1H3;4*1H;;/q2*-1;;;;;;;;;2*+2/p-3/b;;;7-4+;;;;;;;;. The molecule has 3 saturated carbocycles. The van der Waals surface area contributed by atoms with Crippen LogP contribution >= 0.6 is 46.7 Å². The molecule has 0 N–H and O–H groups in total. The molecule has 0 radical (unpaired) electrons. The number of rotatable bonds is 19. The Kier molecular flexibility index (Phi) is 40.7. The predicted molar refractivity (Wildman–Crippen MR) is 536 cm³/mol. The van der Waals surface area contributed by atoms with E-state index in [2.05, 4.69) is 235 Å². The smallest absolute Gasteiger partial charge is 0.0301 e. The molecule has 2 atom stereocenters. The maximum absolute atomic E-state index is 6.00. The number of halogens is 4. The van der Waals surface area contributed by atoms with Crippen molar-refractivity contribution in [2.24, 2.45) is 0 Å². The molecule has 4 saturated heterocycles. The fourth-order valence-corrected chi connectivity index (χ4v) is 30.5. The number of allylic oxidation sites excluding steroid dienone is 3. The molecule has 4 aliphatic heterocycles. The summed E-state index contributed by atoms with van der Waals surface area (Å²) < 4.78 is 14.3. The molecule has 0 spiro atoms. The molecule has 678 valence electrons. The molecule has 4 aliphatic carbocycles. The summed E-state index contributed by atoms with van der Waals surface area (Å²) in [6.45, 7) is 64.5. The van der Waals surface area contributed by atoms with Crippen LogP contribution in [0.15, 0.2) is 133 Å². The molecule has 0 amide bonds. The van der Waals surface area contributed by atoms with Crippen LogP contribution in [0.25, 0.3) is 11.6 Å². The van der Waals surface area contributed by atoms with E-state index in [0.29, 0.717) is 12.1 Å². The summed E-state index contributed by atoms with van der Waals surface area (Å²) in [5.41, 5.74) is 31.5. The van der Waals surface area contributed by atoms with Crippen molar-refractivity contribution in [2.45, 2.75) is 276 Å². The van der Waals surface area contributed by atoms with Crippen molar-refractivity contribution >= 4 is 89.8 Å². The van der Waals surface area contributed by atoms with Crippen molar-refractivity contribution in [2.75, 3.05) is 111 Å². The summed E-state index contributed by atoms with van der Waals surface area (Å²) in [4.78, 5) is 20.7. The van der Waals surface area contributed by atoms with Crippen LogP contribution in [0.2, 0.25) is 0 Å². The summed E-state index contributed by atoms with van der Waals surface area (Å²) in [6.07, 6.45) is 30.4. The van der Waals surface area contributed by atoms with E-state index in [-0.39, 0.29) is 20.1 Å². The first-order valence-electron chi connectivity index (χ1n) is 46.5. The number of anilines is 4. The number of piperazine rings is 2. The number of likely N-dealkylation sites (N-methyl/N-ethyl adjacent to an activating group) is 2. The first-order chi connectivity index (χ1) is 59.0. The molecule has 4 heterocycles. The number of aryl methyl sites for hydroxylation is 12. The topological polar surface area (TPSA) is 44.4 Å². The van der Waals surface area contributed by atoms with Crippen LogP contribution < -0.4 is 29.1 Å². The number of hydrogen-bond donors (Lipinski definition) is 0. The minimum absolute atomic E-state index is 0.0465. The van der Waals surface area contributed by atoms with Gasteiger partial charge in [0.1, 0.15) is 5.75 Å². The number of ether oxygens (including phenoxy) is 2. The molecular weight excluding hydrogens is 1790 g/mol. The van der Waals surface area contributed by atoms with Gasteiger partial charge in [-0.2, -0.15) is 13.3 Å². The van der Waals surface area contributed by atoms with Gasteiger partial charge in [0.15, 0.2) is 0 Å². The van der Waals surface area contributed by atoms with Crippen molar-refractivity contribution in [3.8, 4) is 11.5 Å². The van der Waals surface area contributed by atoms with Crippen molar-refractivity contribution in [1.29, 1.82) is 0 Å². The third kappa shape index (κ3) is 29.1. The van der Waals surface area contributed by atoms with Crippen molar-refractivity contribution in [3.05, 3.63) is 236 Å². The van der Waals surface area contributed by atoms with E-state index in [1.54, 1.807) is 96.3 Å². The summed E-state index contributed by atoms with van der Waals surface area (Å²) in [6, 6.07) is 43.6. The summed E-state index contributed by atoms with van der Waals surface area (Å²) in [7, 11) is 23.6. The second-order valence-corrected chi connectivity index (χ2v) is 51.7. The van der Waals surface area contributed by atoms with Crippen LogP contribution in [-0.2, 0) is 27.0 Å². The summed E-state index contributed by atoms with van der Waals surface area (Å²) >= 11 is -3.53.